The molecular weight excluding hydrogens is 284 g/mol. The standard InChI is InChI=1S/C12H16N2O3S2/c13-19(16,17)11-3-1-9(2-4-11)7-14-12(15)10-5-6-18-8-10/h1-4,10H,5-8H2,(H,14,15)(H2,13,16,17). The van der Waals surface area contributed by atoms with E-state index in [1.54, 1.807) is 23.9 Å². The molecule has 2 rings (SSSR count). The number of amides is 1. The Balaban J connectivity index is 1.91. The summed E-state index contributed by atoms with van der Waals surface area (Å²) in [5.41, 5.74) is 0.853. The van der Waals surface area contributed by atoms with Crippen molar-refractivity contribution in [3.05, 3.63) is 29.8 Å². The highest BCUT2D eigenvalue weighted by atomic mass is 32.2. The molecule has 0 saturated carbocycles. The minimum atomic E-state index is -3.65. The number of primary sulfonamides is 1. The highest BCUT2D eigenvalue weighted by molar-refractivity contribution is 7.99. The molecule has 5 nitrogen and oxygen atoms in total. The highest BCUT2D eigenvalue weighted by Crippen LogP contribution is 2.23. The molecule has 0 spiro atoms. The van der Waals surface area contributed by atoms with Crippen LogP contribution >= 0.6 is 11.8 Å². The van der Waals surface area contributed by atoms with Gasteiger partial charge >= 0.3 is 0 Å². The third kappa shape index (κ3) is 3.95. The number of thioether (sulfide) groups is 1. The van der Waals surface area contributed by atoms with Crippen molar-refractivity contribution in [2.75, 3.05) is 11.5 Å². The summed E-state index contributed by atoms with van der Waals surface area (Å²) in [6.07, 6.45) is 0.931. The van der Waals surface area contributed by atoms with Gasteiger partial charge in [-0.3, -0.25) is 4.79 Å². The van der Waals surface area contributed by atoms with Crippen LogP contribution in [0.4, 0.5) is 0 Å². The maximum atomic E-state index is 11.8. The Bertz CT molecular complexity index is 549. The molecule has 3 N–H and O–H groups in total. The summed E-state index contributed by atoms with van der Waals surface area (Å²) in [6.45, 7) is 0.408. The van der Waals surface area contributed by atoms with Crippen molar-refractivity contribution in [1.82, 2.24) is 5.32 Å². The monoisotopic (exact) mass is 300 g/mol. The lowest BCUT2D eigenvalue weighted by molar-refractivity contribution is -0.124. The number of hydrogen-bond donors (Lipinski definition) is 2. The molecule has 1 fully saturated rings. The van der Waals surface area contributed by atoms with Gasteiger partial charge in [0, 0.05) is 18.2 Å². The Morgan fingerprint density at radius 2 is 2.05 bits per heavy atom. The van der Waals surface area contributed by atoms with Crippen molar-refractivity contribution >= 4 is 27.7 Å². The van der Waals surface area contributed by atoms with Gasteiger partial charge in [-0.15, -0.1) is 0 Å². The Morgan fingerprint density at radius 3 is 2.58 bits per heavy atom. The van der Waals surface area contributed by atoms with Gasteiger partial charge in [-0.25, -0.2) is 13.6 Å². The molecule has 0 aliphatic carbocycles. The van der Waals surface area contributed by atoms with Crippen LogP contribution < -0.4 is 10.5 Å². The summed E-state index contributed by atoms with van der Waals surface area (Å²) >= 11 is 1.80. The maximum Gasteiger partial charge on any atom is 0.238 e. The largest absolute Gasteiger partial charge is 0.352 e. The van der Waals surface area contributed by atoms with Crippen LogP contribution in [-0.4, -0.2) is 25.8 Å². The number of nitrogens with two attached hydrogens (primary N) is 1. The van der Waals surface area contributed by atoms with Crippen LogP contribution in [0, 0.1) is 5.92 Å². The van der Waals surface area contributed by atoms with Gasteiger partial charge in [0.1, 0.15) is 0 Å². The zero-order valence-electron chi connectivity index (χ0n) is 10.3. The van der Waals surface area contributed by atoms with E-state index >= 15 is 0 Å². The van der Waals surface area contributed by atoms with E-state index in [0.29, 0.717) is 6.54 Å². The maximum absolute atomic E-state index is 11.8. The molecule has 19 heavy (non-hydrogen) atoms. The molecule has 1 atom stereocenters. The zero-order chi connectivity index (χ0) is 13.9. The van der Waals surface area contributed by atoms with Crippen molar-refractivity contribution in [2.24, 2.45) is 11.1 Å². The van der Waals surface area contributed by atoms with E-state index in [9.17, 15) is 13.2 Å². The lowest BCUT2D eigenvalue weighted by atomic mass is 10.1. The summed E-state index contributed by atoms with van der Waals surface area (Å²) in [6, 6.07) is 6.21. The predicted octanol–water partition coefficient (Wildman–Crippen LogP) is 0.703. The van der Waals surface area contributed by atoms with E-state index in [1.807, 2.05) is 0 Å². The van der Waals surface area contributed by atoms with Gasteiger partial charge in [0.25, 0.3) is 0 Å². The topological polar surface area (TPSA) is 89.3 Å². The van der Waals surface area contributed by atoms with Crippen LogP contribution in [0.5, 0.6) is 0 Å². The van der Waals surface area contributed by atoms with Crippen LogP contribution in [0.1, 0.15) is 12.0 Å². The molecule has 1 saturated heterocycles. The first-order valence-electron chi connectivity index (χ1n) is 5.94. The van der Waals surface area contributed by atoms with Crippen LogP contribution in [0.25, 0.3) is 0 Å². The van der Waals surface area contributed by atoms with Gasteiger partial charge < -0.3 is 5.32 Å². The molecule has 104 valence electrons. The van der Waals surface area contributed by atoms with E-state index in [-0.39, 0.29) is 16.7 Å². The van der Waals surface area contributed by atoms with Crippen molar-refractivity contribution in [3.63, 3.8) is 0 Å². The van der Waals surface area contributed by atoms with E-state index in [0.717, 1.165) is 23.5 Å². The Kier molecular flexibility index (Phi) is 4.49. The fourth-order valence-electron chi connectivity index (χ4n) is 1.87. The number of nitrogens with one attached hydrogen (secondary N) is 1. The van der Waals surface area contributed by atoms with Gasteiger partial charge in [0.05, 0.1) is 4.90 Å². The van der Waals surface area contributed by atoms with Gasteiger partial charge in [-0.1, -0.05) is 12.1 Å². The van der Waals surface area contributed by atoms with Gasteiger partial charge in [0.2, 0.25) is 15.9 Å². The summed E-state index contributed by atoms with van der Waals surface area (Å²) < 4.78 is 22.2. The van der Waals surface area contributed by atoms with Crippen molar-refractivity contribution in [3.8, 4) is 0 Å². The van der Waals surface area contributed by atoms with Gasteiger partial charge in [0.15, 0.2) is 0 Å². The number of sulfonamides is 1. The molecular formula is C12H16N2O3S2. The molecule has 1 aliphatic rings. The Hall–Kier alpha value is -1.05. The molecule has 0 bridgehead atoms. The summed E-state index contributed by atoms with van der Waals surface area (Å²) in [5.74, 6) is 2.10. The summed E-state index contributed by atoms with van der Waals surface area (Å²) in [5, 5.41) is 7.88. The van der Waals surface area contributed by atoms with Crippen molar-refractivity contribution in [1.29, 1.82) is 0 Å². The van der Waals surface area contributed by atoms with Crippen LogP contribution in [0.2, 0.25) is 0 Å². The second kappa shape index (κ2) is 5.94. The van der Waals surface area contributed by atoms with E-state index < -0.39 is 10.0 Å². The molecule has 0 aromatic heterocycles. The van der Waals surface area contributed by atoms with Crippen LogP contribution in [0.15, 0.2) is 29.2 Å². The molecule has 1 aromatic rings. The Morgan fingerprint density at radius 1 is 1.37 bits per heavy atom. The summed E-state index contributed by atoms with van der Waals surface area (Å²) in [4.78, 5) is 11.9. The first-order valence-corrected chi connectivity index (χ1v) is 8.64. The number of benzene rings is 1. The molecule has 1 amide bonds. The van der Waals surface area contributed by atoms with E-state index in [1.165, 1.54) is 12.1 Å². The zero-order valence-corrected chi connectivity index (χ0v) is 12.0. The SMILES string of the molecule is NS(=O)(=O)c1ccc(CNC(=O)C2CCSC2)cc1. The lowest BCUT2D eigenvalue weighted by Crippen LogP contribution is -2.30. The van der Waals surface area contributed by atoms with Gasteiger partial charge in [-0.05, 0) is 29.9 Å². The molecule has 1 aromatic carbocycles. The highest BCUT2D eigenvalue weighted by Gasteiger charge is 2.22. The van der Waals surface area contributed by atoms with Gasteiger partial charge in [-0.2, -0.15) is 11.8 Å². The normalized spacial score (nSPS) is 19.3. The third-order valence-corrected chi connectivity index (χ3v) is 5.11. The first-order chi connectivity index (χ1) is 8.97. The number of rotatable bonds is 4. The molecule has 0 radical (unpaired) electrons. The van der Waals surface area contributed by atoms with Crippen LogP contribution in [-0.2, 0) is 21.4 Å². The second-order valence-corrected chi connectivity index (χ2v) is 7.18. The smallest absolute Gasteiger partial charge is 0.238 e. The van der Waals surface area contributed by atoms with E-state index in [2.05, 4.69) is 5.32 Å². The molecule has 7 heteroatoms. The molecule has 1 aliphatic heterocycles. The van der Waals surface area contributed by atoms with Crippen LogP contribution in [0.3, 0.4) is 0 Å². The fourth-order valence-corrected chi connectivity index (χ4v) is 3.61. The van der Waals surface area contributed by atoms with Crippen molar-refractivity contribution < 1.29 is 13.2 Å². The van der Waals surface area contributed by atoms with Crippen molar-refractivity contribution in [2.45, 2.75) is 17.9 Å². The fraction of sp³-hybridized carbons (Fsp3) is 0.417. The second-order valence-electron chi connectivity index (χ2n) is 4.47. The number of hydrogen-bond acceptors (Lipinski definition) is 4. The third-order valence-electron chi connectivity index (χ3n) is 3.02. The predicted molar refractivity (Wildman–Crippen MR) is 75.1 cm³/mol. The first kappa shape index (κ1) is 14.4. The minimum Gasteiger partial charge on any atom is -0.352 e. The molecule has 1 unspecified atom stereocenters. The quantitative estimate of drug-likeness (QED) is 0.856. The Labute approximate surface area is 117 Å². The minimum absolute atomic E-state index is 0.0699. The molecule has 1 heterocycles. The number of carbonyl (C=O) groups excluding carboxylic acids is 1. The lowest BCUT2D eigenvalue weighted by Gasteiger charge is -2.10. The van der Waals surface area contributed by atoms with E-state index in [4.69, 9.17) is 5.14 Å². The number of carbonyl (C=O) groups is 1. The average molecular weight is 300 g/mol. The summed E-state index contributed by atoms with van der Waals surface area (Å²) in [7, 11) is -3.65. The average Bonchev–Trinajstić information content (AvgIpc) is 2.89.